The molecule has 0 aliphatic heterocycles. The van der Waals surface area contributed by atoms with Gasteiger partial charge in [-0.25, -0.2) is 0 Å². The van der Waals surface area contributed by atoms with E-state index in [-0.39, 0.29) is 0 Å². The first-order valence-electron chi connectivity index (χ1n) is 7.09. The molecule has 1 rings (SSSR count). The lowest BCUT2D eigenvalue weighted by molar-refractivity contribution is 0.0109. The van der Waals surface area contributed by atoms with Crippen LogP contribution in [-0.2, 0) is 9.47 Å². The lowest BCUT2D eigenvalue weighted by Crippen LogP contribution is -2.30. The Kier molecular flexibility index (Phi) is 7.82. The minimum Gasteiger partial charge on any atom is -0.379 e. The van der Waals surface area contributed by atoms with Crippen LogP contribution >= 0.6 is 0 Å². The van der Waals surface area contributed by atoms with Crippen LogP contribution in [-0.4, -0.2) is 33.0 Å². The maximum atomic E-state index is 5.80. The van der Waals surface area contributed by atoms with Crippen molar-refractivity contribution >= 4 is 0 Å². The largest absolute Gasteiger partial charge is 0.379 e. The Labute approximate surface area is 106 Å². The maximum Gasteiger partial charge on any atom is 0.0700 e. The molecular weight excluding hydrogens is 214 g/mol. The highest BCUT2D eigenvalue weighted by Crippen LogP contribution is 2.29. The van der Waals surface area contributed by atoms with Crippen molar-refractivity contribution in [1.29, 1.82) is 0 Å². The van der Waals surface area contributed by atoms with Gasteiger partial charge in [-0.2, -0.15) is 0 Å². The molecule has 0 heterocycles. The van der Waals surface area contributed by atoms with Crippen LogP contribution in [0, 0.1) is 17.8 Å². The van der Waals surface area contributed by atoms with Gasteiger partial charge in [-0.3, -0.25) is 0 Å². The Morgan fingerprint density at radius 1 is 1.06 bits per heavy atom. The van der Waals surface area contributed by atoms with Gasteiger partial charge < -0.3 is 15.2 Å². The van der Waals surface area contributed by atoms with E-state index in [2.05, 4.69) is 13.8 Å². The van der Waals surface area contributed by atoms with Gasteiger partial charge in [0.25, 0.3) is 0 Å². The molecule has 0 aromatic carbocycles. The Balaban J connectivity index is 2.01. The van der Waals surface area contributed by atoms with E-state index >= 15 is 0 Å². The molecule has 0 saturated heterocycles. The Morgan fingerprint density at radius 2 is 1.71 bits per heavy atom. The number of ether oxygens (including phenoxy) is 2. The molecule has 2 N–H and O–H groups in total. The summed E-state index contributed by atoms with van der Waals surface area (Å²) in [4.78, 5) is 0. The second-order valence-corrected chi connectivity index (χ2v) is 5.58. The maximum absolute atomic E-state index is 5.80. The summed E-state index contributed by atoms with van der Waals surface area (Å²) in [5.74, 6) is 1.97. The van der Waals surface area contributed by atoms with Gasteiger partial charge in [0.15, 0.2) is 0 Å². The molecule has 2 unspecified atom stereocenters. The van der Waals surface area contributed by atoms with E-state index in [9.17, 15) is 0 Å². The molecule has 1 aliphatic rings. The molecule has 0 spiro atoms. The van der Waals surface area contributed by atoms with E-state index in [1.807, 2.05) is 0 Å². The summed E-state index contributed by atoms with van der Waals surface area (Å²) >= 11 is 0. The second-order valence-electron chi connectivity index (χ2n) is 5.58. The van der Waals surface area contributed by atoms with Crippen LogP contribution in [0.3, 0.4) is 0 Å². The zero-order chi connectivity index (χ0) is 12.5. The second kappa shape index (κ2) is 8.90. The summed E-state index contributed by atoms with van der Waals surface area (Å²) in [5.41, 5.74) is 5.80. The van der Waals surface area contributed by atoms with Crippen LogP contribution in [0.2, 0.25) is 0 Å². The molecule has 3 heteroatoms. The van der Waals surface area contributed by atoms with E-state index in [0.29, 0.717) is 17.8 Å². The van der Waals surface area contributed by atoms with E-state index in [0.717, 1.165) is 33.0 Å². The van der Waals surface area contributed by atoms with E-state index in [4.69, 9.17) is 15.2 Å². The van der Waals surface area contributed by atoms with Crippen LogP contribution in [0.1, 0.15) is 39.5 Å². The third-order valence-electron chi connectivity index (χ3n) is 3.52. The zero-order valence-electron chi connectivity index (χ0n) is 11.5. The SMILES string of the molecule is CC(C)COCCOCC1CCCCC1CN. The van der Waals surface area contributed by atoms with Gasteiger partial charge in [0.2, 0.25) is 0 Å². The number of hydrogen-bond acceptors (Lipinski definition) is 3. The molecule has 0 aromatic heterocycles. The van der Waals surface area contributed by atoms with Gasteiger partial charge in [-0.15, -0.1) is 0 Å². The normalized spacial score (nSPS) is 25.4. The highest BCUT2D eigenvalue weighted by molar-refractivity contribution is 4.75. The molecule has 1 aliphatic carbocycles. The first kappa shape index (κ1) is 14.9. The number of hydrogen-bond donors (Lipinski definition) is 1. The summed E-state index contributed by atoms with van der Waals surface area (Å²) in [6.07, 6.45) is 5.26. The van der Waals surface area contributed by atoms with Crippen LogP contribution in [0.15, 0.2) is 0 Å². The summed E-state index contributed by atoms with van der Waals surface area (Å²) in [7, 11) is 0. The monoisotopic (exact) mass is 243 g/mol. The van der Waals surface area contributed by atoms with E-state index in [1.165, 1.54) is 25.7 Å². The third-order valence-corrected chi connectivity index (χ3v) is 3.52. The van der Waals surface area contributed by atoms with Crippen LogP contribution in [0.5, 0.6) is 0 Å². The van der Waals surface area contributed by atoms with Gasteiger partial charge in [-0.1, -0.05) is 26.7 Å². The van der Waals surface area contributed by atoms with Gasteiger partial charge in [-0.05, 0) is 37.1 Å². The van der Waals surface area contributed by atoms with Crippen molar-refractivity contribution in [3.63, 3.8) is 0 Å². The molecule has 0 aromatic rings. The number of rotatable bonds is 8. The van der Waals surface area contributed by atoms with Crippen LogP contribution < -0.4 is 5.73 Å². The number of nitrogens with two attached hydrogens (primary N) is 1. The first-order valence-corrected chi connectivity index (χ1v) is 7.09. The Morgan fingerprint density at radius 3 is 2.35 bits per heavy atom. The topological polar surface area (TPSA) is 44.5 Å². The predicted molar refractivity (Wildman–Crippen MR) is 71.0 cm³/mol. The lowest BCUT2D eigenvalue weighted by atomic mass is 9.80. The van der Waals surface area contributed by atoms with Crippen LogP contribution in [0.25, 0.3) is 0 Å². The minimum atomic E-state index is 0.606. The van der Waals surface area contributed by atoms with Crippen molar-refractivity contribution in [3.05, 3.63) is 0 Å². The average Bonchev–Trinajstić information content (AvgIpc) is 2.33. The molecule has 0 radical (unpaired) electrons. The third kappa shape index (κ3) is 6.39. The molecular formula is C14H29NO2. The predicted octanol–water partition coefficient (Wildman–Crippen LogP) is 2.44. The van der Waals surface area contributed by atoms with Crippen molar-refractivity contribution in [2.75, 3.05) is 33.0 Å². The molecule has 17 heavy (non-hydrogen) atoms. The van der Waals surface area contributed by atoms with Gasteiger partial charge >= 0.3 is 0 Å². The van der Waals surface area contributed by atoms with Crippen molar-refractivity contribution in [1.82, 2.24) is 0 Å². The van der Waals surface area contributed by atoms with Crippen molar-refractivity contribution in [2.24, 2.45) is 23.5 Å². The quantitative estimate of drug-likeness (QED) is 0.666. The Bertz CT molecular complexity index is 185. The summed E-state index contributed by atoms with van der Waals surface area (Å²) in [6, 6.07) is 0. The summed E-state index contributed by atoms with van der Waals surface area (Å²) in [6.45, 7) is 8.28. The van der Waals surface area contributed by atoms with Crippen molar-refractivity contribution in [3.8, 4) is 0 Å². The molecule has 0 amide bonds. The lowest BCUT2D eigenvalue weighted by Gasteiger charge is -2.30. The molecule has 2 atom stereocenters. The molecule has 1 saturated carbocycles. The van der Waals surface area contributed by atoms with Crippen LogP contribution in [0.4, 0.5) is 0 Å². The Hall–Kier alpha value is -0.120. The molecule has 0 bridgehead atoms. The molecule has 1 fully saturated rings. The zero-order valence-corrected chi connectivity index (χ0v) is 11.5. The summed E-state index contributed by atoms with van der Waals surface area (Å²) in [5, 5.41) is 0. The fourth-order valence-corrected chi connectivity index (χ4v) is 2.49. The van der Waals surface area contributed by atoms with Gasteiger partial charge in [0.05, 0.1) is 13.2 Å². The first-order chi connectivity index (χ1) is 8.24. The fraction of sp³-hybridized carbons (Fsp3) is 1.00. The highest BCUT2D eigenvalue weighted by Gasteiger charge is 2.23. The van der Waals surface area contributed by atoms with Crippen molar-refractivity contribution < 1.29 is 9.47 Å². The minimum absolute atomic E-state index is 0.606. The van der Waals surface area contributed by atoms with Crippen molar-refractivity contribution in [2.45, 2.75) is 39.5 Å². The van der Waals surface area contributed by atoms with Gasteiger partial charge in [0.1, 0.15) is 0 Å². The van der Waals surface area contributed by atoms with E-state index < -0.39 is 0 Å². The highest BCUT2D eigenvalue weighted by atomic mass is 16.5. The smallest absolute Gasteiger partial charge is 0.0700 e. The standard InChI is InChI=1S/C14H29NO2/c1-12(2)10-16-7-8-17-11-14-6-4-3-5-13(14)9-15/h12-14H,3-11,15H2,1-2H3. The van der Waals surface area contributed by atoms with E-state index in [1.54, 1.807) is 0 Å². The molecule has 3 nitrogen and oxygen atoms in total. The average molecular weight is 243 g/mol. The summed E-state index contributed by atoms with van der Waals surface area (Å²) < 4.78 is 11.2. The van der Waals surface area contributed by atoms with Gasteiger partial charge in [0, 0.05) is 13.2 Å². The fourth-order valence-electron chi connectivity index (χ4n) is 2.49. The molecule has 102 valence electrons.